The SMILES string of the molecule is CC(C)(C)OC(=O)N1CCCc2c1c(C(=O)O)c[nH]c2=O. The predicted molar refractivity (Wildman–Crippen MR) is 75.9 cm³/mol. The lowest BCUT2D eigenvalue weighted by molar-refractivity contribution is 0.0577. The van der Waals surface area contributed by atoms with Crippen molar-refractivity contribution in [2.75, 3.05) is 11.4 Å². The van der Waals surface area contributed by atoms with Crippen molar-refractivity contribution in [1.82, 2.24) is 4.98 Å². The van der Waals surface area contributed by atoms with Crippen LogP contribution in [0.2, 0.25) is 0 Å². The first kappa shape index (κ1) is 15.1. The first-order valence-electron chi connectivity index (χ1n) is 6.69. The Morgan fingerprint density at radius 3 is 2.62 bits per heavy atom. The van der Waals surface area contributed by atoms with Crippen LogP contribution in [0.15, 0.2) is 11.0 Å². The van der Waals surface area contributed by atoms with Crippen molar-refractivity contribution in [1.29, 1.82) is 0 Å². The maximum absolute atomic E-state index is 12.3. The molecule has 0 radical (unpaired) electrons. The van der Waals surface area contributed by atoms with Gasteiger partial charge >= 0.3 is 12.1 Å². The van der Waals surface area contributed by atoms with E-state index in [0.29, 0.717) is 24.9 Å². The lowest BCUT2D eigenvalue weighted by Gasteiger charge is -2.32. The number of amides is 1. The number of carboxylic acid groups (broad SMARTS) is 1. The number of carbonyl (C=O) groups is 2. The number of nitrogens with one attached hydrogen (secondary N) is 1. The number of rotatable bonds is 1. The molecule has 1 aromatic heterocycles. The molecule has 0 aromatic carbocycles. The second kappa shape index (κ2) is 5.23. The maximum Gasteiger partial charge on any atom is 0.414 e. The third-order valence-corrected chi connectivity index (χ3v) is 3.09. The molecule has 7 nitrogen and oxygen atoms in total. The minimum atomic E-state index is -1.20. The Hall–Kier alpha value is -2.31. The monoisotopic (exact) mass is 294 g/mol. The van der Waals surface area contributed by atoms with Crippen molar-refractivity contribution in [3.63, 3.8) is 0 Å². The van der Waals surface area contributed by atoms with Gasteiger partial charge in [-0.15, -0.1) is 0 Å². The summed E-state index contributed by atoms with van der Waals surface area (Å²) < 4.78 is 5.29. The fourth-order valence-electron chi connectivity index (χ4n) is 2.29. The number of anilines is 1. The van der Waals surface area contributed by atoms with Crippen molar-refractivity contribution >= 4 is 17.7 Å². The van der Waals surface area contributed by atoms with E-state index in [9.17, 15) is 19.5 Å². The minimum Gasteiger partial charge on any atom is -0.478 e. The van der Waals surface area contributed by atoms with Gasteiger partial charge in [-0.05, 0) is 33.6 Å². The van der Waals surface area contributed by atoms with Crippen LogP contribution >= 0.6 is 0 Å². The topological polar surface area (TPSA) is 99.7 Å². The average molecular weight is 294 g/mol. The molecule has 0 saturated heterocycles. The van der Waals surface area contributed by atoms with Gasteiger partial charge in [0.1, 0.15) is 5.60 Å². The molecule has 0 fully saturated rings. The smallest absolute Gasteiger partial charge is 0.414 e. The number of H-pyrrole nitrogens is 1. The second-order valence-corrected chi connectivity index (χ2v) is 5.90. The van der Waals surface area contributed by atoms with E-state index in [0.717, 1.165) is 6.20 Å². The molecule has 1 aromatic rings. The number of aromatic nitrogens is 1. The first-order chi connectivity index (χ1) is 9.70. The van der Waals surface area contributed by atoms with E-state index in [1.165, 1.54) is 4.90 Å². The van der Waals surface area contributed by atoms with Crippen LogP contribution < -0.4 is 10.5 Å². The molecule has 0 bridgehead atoms. The zero-order valence-electron chi connectivity index (χ0n) is 12.2. The summed E-state index contributed by atoms with van der Waals surface area (Å²) >= 11 is 0. The molecule has 2 rings (SSSR count). The normalized spacial score (nSPS) is 14.5. The molecule has 1 aliphatic heterocycles. The molecular formula is C14H18N2O5. The molecule has 21 heavy (non-hydrogen) atoms. The summed E-state index contributed by atoms with van der Waals surface area (Å²) in [6, 6.07) is 0. The van der Waals surface area contributed by atoms with Crippen LogP contribution in [0.3, 0.4) is 0 Å². The van der Waals surface area contributed by atoms with E-state index in [2.05, 4.69) is 4.98 Å². The van der Waals surface area contributed by atoms with Crippen LogP contribution in [0.5, 0.6) is 0 Å². The van der Waals surface area contributed by atoms with Crippen LogP contribution in [0.4, 0.5) is 10.5 Å². The summed E-state index contributed by atoms with van der Waals surface area (Å²) in [6.45, 7) is 5.51. The number of aromatic amines is 1. The number of carboxylic acids is 1. The van der Waals surface area contributed by atoms with E-state index in [-0.39, 0.29) is 16.8 Å². The molecule has 1 amide bonds. The largest absolute Gasteiger partial charge is 0.478 e. The van der Waals surface area contributed by atoms with Crippen molar-refractivity contribution in [2.24, 2.45) is 0 Å². The van der Waals surface area contributed by atoms with Crippen LogP contribution in [-0.2, 0) is 11.2 Å². The lowest BCUT2D eigenvalue weighted by atomic mass is 10.0. The van der Waals surface area contributed by atoms with E-state index in [1.807, 2.05) is 0 Å². The highest BCUT2D eigenvalue weighted by molar-refractivity contribution is 6.01. The van der Waals surface area contributed by atoms with Gasteiger partial charge < -0.3 is 14.8 Å². The van der Waals surface area contributed by atoms with Gasteiger partial charge in [-0.1, -0.05) is 0 Å². The number of aromatic carboxylic acids is 1. The van der Waals surface area contributed by atoms with Crippen molar-refractivity contribution < 1.29 is 19.4 Å². The molecule has 2 N–H and O–H groups in total. The quantitative estimate of drug-likeness (QED) is 0.822. The van der Waals surface area contributed by atoms with Gasteiger partial charge in [0.25, 0.3) is 5.56 Å². The number of fused-ring (bicyclic) bond motifs is 1. The molecule has 7 heteroatoms. The lowest BCUT2D eigenvalue weighted by Crippen LogP contribution is -2.42. The summed E-state index contributed by atoms with van der Waals surface area (Å²) in [6.07, 6.45) is 1.49. The van der Waals surface area contributed by atoms with E-state index in [1.54, 1.807) is 20.8 Å². The summed E-state index contributed by atoms with van der Waals surface area (Å²) in [7, 11) is 0. The summed E-state index contributed by atoms with van der Waals surface area (Å²) in [5.41, 5.74) is -0.712. The summed E-state index contributed by atoms with van der Waals surface area (Å²) in [5, 5.41) is 9.26. The number of hydrogen-bond donors (Lipinski definition) is 2. The molecule has 0 spiro atoms. The number of hydrogen-bond acceptors (Lipinski definition) is 4. The Balaban J connectivity index is 2.51. The fourth-order valence-corrected chi connectivity index (χ4v) is 2.29. The van der Waals surface area contributed by atoms with E-state index < -0.39 is 17.7 Å². The molecule has 0 unspecified atom stereocenters. The Morgan fingerprint density at radius 1 is 1.38 bits per heavy atom. The highest BCUT2D eigenvalue weighted by Gasteiger charge is 2.32. The molecule has 0 aliphatic carbocycles. The number of nitrogens with zero attached hydrogens (tertiary/aromatic N) is 1. The Kier molecular flexibility index (Phi) is 3.76. The molecule has 114 valence electrons. The first-order valence-corrected chi connectivity index (χ1v) is 6.69. The Bertz CT molecular complexity index is 642. The number of carbonyl (C=O) groups excluding carboxylic acids is 1. The highest BCUT2D eigenvalue weighted by Crippen LogP contribution is 2.29. The maximum atomic E-state index is 12.3. The van der Waals surface area contributed by atoms with E-state index >= 15 is 0 Å². The predicted octanol–water partition coefficient (Wildman–Crippen LogP) is 1.76. The Morgan fingerprint density at radius 2 is 2.05 bits per heavy atom. The zero-order valence-corrected chi connectivity index (χ0v) is 12.2. The summed E-state index contributed by atoms with van der Waals surface area (Å²) in [4.78, 5) is 39.1. The molecule has 0 saturated carbocycles. The number of ether oxygens (including phenoxy) is 1. The highest BCUT2D eigenvalue weighted by atomic mass is 16.6. The molecular weight excluding hydrogens is 276 g/mol. The van der Waals surface area contributed by atoms with Crippen LogP contribution in [0, 0.1) is 0 Å². The van der Waals surface area contributed by atoms with Gasteiger partial charge in [-0.2, -0.15) is 0 Å². The third-order valence-electron chi connectivity index (χ3n) is 3.09. The Labute approximate surface area is 121 Å². The van der Waals surface area contributed by atoms with Gasteiger partial charge in [0.2, 0.25) is 0 Å². The minimum absolute atomic E-state index is 0.102. The summed E-state index contributed by atoms with van der Waals surface area (Å²) in [5.74, 6) is -1.20. The second-order valence-electron chi connectivity index (χ2n) is 5.90. The number of pyridine rings is 1. The zero-order chi connectivity index (χ0) is 15.8. The van der Waals surface area contributed by atoms with Gasteiger partial charge in [0, 0.05) is 18.3 Å². The van der Waals surface area contributed by atoms with Crippen LogP contribution in [0.1, 0.15) is 43.1 Å². The van der Waals surface area contributed by atoms with Crippen molar-refractivity contribution in [3.8, 4) is 0 Å². The van der Waals surface area contributed by atoms with E-state index in [4.69, 9.17) is 4.74 Å². The third kappa shape index (κ3) is 3.07. The molecule has 2 heterocycles. The van der Waals surface area contributed by atoms with Crippen molar-refractivity contribution in [3.05, 3.63) is 27.7 Å². The standard InChI is InChI=1S/C14H18N2O5/c1-14(2,3)21-13(20)16-6-4-5-8-10(16)9(12(18)19)7-15-11(8)17/h7H,4-6H2,1-3H3,(H,15,17)(H,18,19). The van der Waals surface area contributed by atoms with Gasteiger partial charge in [-0.3, -0.25) is 9.69 Å². The van der Waals surface area contributed by atoms with Crippen LogP contribution in [0.25, 0.3) is 0 Å². The van der Waals surface area contributed by atoms with Crippen molar-refractivity contribution in [2.45, 2.75) is 39.2 Å². The van der Waals surface area contributed by atoms with Crippen LogP contribution in [-0.4, -0.2) is 34.3 Å². The molecule has 0 atom stereocenters. The van der Waals surface area contributed by atoms with Gasteiger partial charge in [0.05, 0.1) is 11.3 Å². The molecule has 1 aliphatic rings. The van der Waals surface area contributed by atoms with Gasteiger partial charge in [-0.25, -0.2) is 9.59 Å². The fraction of sp³-hybridized carbons (Fsp3) is 0.500. The average Bonchev–Trinajstić information content (AvgIpc) is 2.36. The van der Waals surface area contributed by atoms with Gasteiger partial charge in [0.15, 0.2) is 0 Å².